The summed E-state index contributed by atoms with van der Waals surface area (Å²) >= 11 is 0. The van der Waals surface area contributed by atoms with Gasteiger partial charge in [-0.15, -0.1) is 0 Å². The molecule has 7 nitrogen and oxygen atoms in total. The van der Waals surface area contributed by atoms with Gasteiger partial charge in [0.15, 0.2) is 0 Å². The van der Waals surface area contributed by atoms with Crippen molar-refractivity contribution >= 4 is 33.3 Å². The molecule has 1 aromatic rings. The molecule has 23 heavy (non-hydrogen) atoms. The molecule has 1 rings (SSSR count). The molecule has 3 N–H and O–H groups in total. The number of aliphatic carboxylic acids is 1. The Hall–Kier alpha value is -2.09. The second-order valence-corrected chi connectivity index (χ2v) is 7.76. The zero-order valence-corrected chi connectivity index (χ0v) is 14.2. The van der Waals surface area contributed by atoms with E-state index in [1.165, 1.54) is 19.9 Å². The van der Waals surface area contributed by atoms with Gasteiger partial charge in [-0.3, -0.25) is 14.3 Å². The van der Waals surface area contributed by atoms with Crippen LogP contribution in [0.1, 0.15) is 33.6 Å². The lowest BCUT2D eigenvalue weighted by Crippen LogP contribution is -2.29. The third-order valence-corrected chi connectivity index (χ3v) is 4.57. The summed E-state index contributed by atoms with van der Waals surface area (Å²) in [6, 6.07) is 6.26. The molecule has 1 amide bonds. The van der Waals surface area contributed by atoms with Crippen molar-refractivity contribution in [1.82, 2.24) is 0 Å². The highest BCUT2D eigenvalue weighted by Crippen LogP contribution is 2.22. The number of anilines is 2. The number of benzene rings is 1. The number of hydrogen-bond acceptors (Lipinski definition) is 4. The number of carbonyl (C=O) groups excluding carboxylic acids is 1. The van der Waals surface area contributed by atoms with E-state index in [9.17, 15) is 18.0 Å². The molecule has 0 saturated heterocycles. The number of carboxylic acid groups (broad SMARTS) is 1. The van der Waals surface area contributed by atoms with E-state index in [1.807, 2.05) is 0 Å². The van der Waals surface area contributed by atoms with Crippen molar-refractivity contribution in [3.63, 3.8) is 0 Å². The van der Waals surface area contributed by atoms with Crippen molar-refractivity contribution in [2.24, 2.45) is 5.41 Å². The lowest BCUT2D eigenvalue weighted by atomic mass is 9.89. The summed E-state index contributed by atoms with van der Waals surface area (Å²) in [5.41, 5.74) is -0.439. The average molecular weight is 342 g/mol. The zero-order chi connectivity index (χ0) is 17.7. The van der Waals surface area contributed by atoms with Gasteiger partial charge in [-0.25, -0.2) is 8.42 Å². The van der Waals surface area contributed by atoms with Crippen LogP contribution < -0.4 is 10.0 Å². The van der Waals surface area contributed by atoms with Crippen LogP contribution in [-0.4, -0.2) is 31.2 Å². The molecule has 0 spiro atoms. The van der Waals surface area contributed by atoms with E-state index in [0.29, 0.717) is 17.8 Å². The molecule has 0 fully saturated rings. The summed E-state index contributed by atoms with van der Waals surface area (Å²) < 4.78 is 25.9. The summed E-state index contributed by atoms with van der Waals surface area (Å²) in [7, 11) is -3.41. The average Bonchev–Trinajstić information content (AvgIpc) is 2.36. The predicted molar refractivity (Wildman–Crippen MR) is 88.8 cm³/mol. The molecule has 0 heterocycles. The summed E-state index contributed by atoms with van der Waals surface area (Å²) in [4.78, 5) is 22.9. The SMILES string of the molecule is CCCS(=O)(=O)Nc1cccc(NC(=O)CC(C)(C)C(=O)O)c1. The van der Waals surface area contributed by atoms with Crippen LogP contribution in [0.15, 0.2) is 24.3 Å². The Bertz CT molecular complexity index is 683. The normalized spacial score (nSPS) is 11.8. The third-order valence-electron chi connectivity index (χ3n) is 3.07. The first-order valence-electron chi connectivity index (χ1n) is 7.19. The summed E-state index contributed by atoms with van der Waals surface area (Å²) in [5, 5.41) is 11.6. The van der Waals surface area contributed by atoms with Crippen LogP contribution in [0.2, 0.25) is 0 Å². The molecule has 1 aromatic carbocycles. The molecule has 0 aliphatic carbocycles. The van der Waals surface area contributed by atoms with E-state index in [2.05, 4.69) is 10.0 Å². The fraction of sp³-hybridized carbons (Fsp3) is 0.467. The van der Waals surface area contributed by atoms with Crippen LogP contribution in [0.5, 0.6) is 0 Å². The molecule has 0 saturated carbocycles. The minimum absolute atomic E-state index is 0.0103. The van der Waals surface area contributed by atoms with E-state index in [1.54, 1.807) is 25.1 Å². The zero-order valence-electron chi connectivity index (χ0n) is 13.4. The number of carbonyl (C=O) groups is 2. The molecule has 0 atom stereocenters. The van der Waals surface area contributed by atoms with Gasteiger partial charge in [-0.2, -0.15) is 0 Å². The van der Waals surface area contributed by atoms with Crippen molar-refractivity contribution in [3.05, 3.63) is 24.3 Å². The first-order chi connectivity index (χ1) is 10.6. The molecule has 0 aliphatic heterocycles. The molecule has 0 aliphatic rings. The van der Waals surface area contributed by atoms with Gasteiger partial charge in [0.25, 0.3) is 0 Å². The maximum absolute atomic E-state index is 11.9. The molecular formula is C15H22N2O5S. The van der Waals surface area contributed by atoms with Crippen molar-refractivity contribution in [1.29, 1.82) is 0 Å². The lowest BCUT2D eigenvalue weighted by Gasteiger charge is -2.18. The largest absolute Gasteiger partial charge is 0.481 e. The molecule has 128 valence electrons. The van der Waals surface area contributed by atoms with E-state index in [-0.39, 0.29) is 12.2 Å². The van der Waals surface area contributed by atoms with E-state index >= 15 is 0 Å². The molecule has 0 aromatic heterocycles. The second kappa shape index (κ2) is 7.45. The Labute approximate surface area is 136 Å². The molecule has 0 unspecified atom stereocenters. The Morgan fingerprint density at radius 1 is 1.22 bits per heavy atom. The van der Waals surface area contributed by atoms with Crippen LogP contribution in [-0.2, 0) is 19.6 Å². The fourth-order valence-electron chi connectivity index (χ4n) is 1.84. The Kier molecular flexibility index (Phi) is 6.14. The Morgan fingerprint density at radius 3 is 2.39 bits per heavy atom. The van der Waals surface area contributed by atoms with Crippen LogP contribution >= 0.6 is 0 Å². The smallest absolute Gasteiger partial charge is 0.309 e. The van der Waals surface area contributed by atoms with Crippen LogP contribution in [0.3, 0.4) is 0 Å². The van der Waals surface area contributed by atoms with E-state index in [0.717, 1.165) is 0 Å². The monoisotopic (exact) mass is 342 g/mol. The van der Waals surface area contributed by atoms with Gasteiger partial charge in [0.1, 0.15) is 0 Å². The van der Waals surface area contributed by atoms with E-state index < -0.39 is 27.3 Å². The minimum Gasteiger partial charge on any atom is -0.481 e. The number of hydrogen-bond donors (Lipinski definition) is 3. The molecular weight excluding hydrogens is 320 g/mol. The van der Waals surface area contributed by atoms with E-state index in [4.69, 9.17) is 5.11 Å². The number of amides is 1. The highest BCUT2D eigenvalue weighted by molar-refractivity contribution is 7.92. The topological polar surface area (TPSA) is 113 Å². The first kappa shape index (κ1) is 19.0. The highest BCUT2D eigenvalue weighted by atomic mass is 32.2. The van der Waals surface area contributed by atoms with Crippen molar-refractivity contribution in [2.45, 2.75) is 33.6 Å². The maximum atomic E-state index is 11.9. The quantitative estimate of drug-likeness (QED) is 0.671. The minimum atomic E-state index is -3.41. The second-order valence-electron chi connectivity index (χ2n) is 5.92. The van der Waals surface area contributed by atoms with Gasteiger partial charge in [0, 0.05) is 12.1 Å². The van der Waals surface area contributed by atoms with Gasteiger partial charge in [-0.1, -0.05) is 13.0 Å². The standard InChI is InChI=1S/C15H22N2O5S/c1-4-8-23(21,22)17-12-7-5-6-11(9-12)16-13(18)10-15(2,3)14(19)20/h5-7,9,17H,4,8,10H2,1-3H3,(H,16,18)(H,19,20). The van der Waals surface area contributed by atoms with Crippen LogP contribution in [0.4, 0.5) is 11.4 Å². The number of carboxylic acids is 1. The summed E-state index contributed by atoms with van der Waals surface area (Å²) in [5.74, 6) is -1.50. The maximum Gasteiger partial charge on any atom is 0.309 e. The van der Waals surface area contributed by atoms with Crippen molar-refractivity contribution in [3.8, 4) is 0 Å². The van der Waals surface area contributed by atoms with Gasteiger partial charge in [0.2, 0.25) is 15.9 Å². The molecule has 0 radical (unpaired) electrons. The summed E-state index contributed by atoms with van der Waals surface area (Å²) in [6.45, 7) is 4.69. The third kappa shape index (κ3) is 6.27. The fourth-order valence-corrected chi connectivity index (χ4v) is 2.97. The van der Waals surface area contributed by atoms with Gasteiger partial charge in [0.05, 0.1) is 16.9 Å². The van der Waals surface area contributed by atoms with Gasteiger partial charge in [-0.05, 0) is 38.5 Å². The Balaban J connectivity index is 2.78. The van der Waals surface area contributed by atoms with Crippen LogP contribution in [0.25, 0.3) is 0 Å². The van der Waals surface area contributed by atoms with Gasteiger partial charge < -0.3 is 10.4 Å². The van der Waals surface area contributed by atoms with Gasteiger partial charge >= 0.3 is 5.97 Å². The van der Waals surface area contributed by atoms with Crippen molar-refractivity contribution in [2.75, 3.05) is 15.8 Å². The predicted octanol–water partition coefficient (Wildman–Crippen LogP) is 2.28. The van der Waals surface area contributed by atoms with Crippen molar-refractivity contribution < 1.29 is 23.1 Å². The first-order valence-corrected chi connectivity index (χ1v) is 8.85. The number of sulfonamides is 1. The molecule has 8 heteroatoms. The lowest BCUT2D eigenvalue weighted by molar-refractivity contribution is -0.148. The molecule has 0 bridgehead atoms. The number of nitrogens with one attached hydrogen (secondary N) is 2. The summed E-state index contributed by atoms with van der Waals surface area (Å²) in [6.07, 6.45) is 0.310. The van der Waals surface area contributed by atoms with Crippen LogP contribution in [0, 0.1) is 5.41 Å². The highest BCUT2D eigenvalue weighted by Gasteiger charge is 2.30. The number of rotatable bonds is 8. The Morgan fingerprint density at radius 2 is 1.83 bits per heavy atom.